The van der Waals surface area contributed by atoms with Gasteiger partial charge in [-0.15, -0.1) is 0 Å². The summed E-state index contributed by atoms with van der Waals surface area (Å²) in [7, 11) is 1.60. The molecule has 0 atom stereocenters. The highest BCUT2D eigenvalue weighted by Gasteiger charge is 2.22. The highest BCUT2D eigenvalue weighted by Crippen LogP contribution is 2.35. The van der Waals surface area contributed by atoms with E-state index in [9.17, 15) is 4.79 Å². The van der Waals surface area contributed by atoms with E-state index in [0.717, 1.165) is 11.3 Å². The Balaban J connectivity index is 1.62. The van der Waals surface area contributed by atoms with E-state index in [2.05, 4.69) is 0 Å². The molecule has 6 heteroatoms. The number of hydrogen-bond acceptors (Lipinski definition) is 4. The van der Waals surface area contributed by atoms with E-state index in [1.807, 2.05) is 18.2 Å². The van der Waals surface area contributed by atoms with Crippen LogP contribution in [0.4, 0.5) is 0 Å². The highest BCUT2D eigenvalue weighted by atomic mass is 35.5. The van der Waals surface area contributed by atoms with Crippen molar-refractivity contribution >= 4 is 41.0 Å². The summed E-state index contributed by atoms with van der Waals surface area (Å²) in [6, 6.07) is 16.1. The summed E-state index contributed by atoms with van der Waals surface area (Å²) in [5, 5.41) is 0.863. The normalized spacial score (nSPS) is 14.9. The fourth-order valence-electron chi connectivity index (χ4n) is 2.81. The number of rotatable bonds is 4. The Morgan fingerprint density at radius 2 is 1.79 bits per heavy atom. The molecule has 1 aliphatic rings. The molecular weight excluding hydrogens is 399 g/mol. The Morgan fingerprint density at radius 1 is 1.00 bits per heavy atom. The Hall–Kier alpha value is -2.95. The van der Waals surface area contributed by atoms with Gasteiger partial charge < -0.3 is 13.9 Å². The lowest BCUT2D eigenvalue weighted by Gasteiger charge is -2.03. The number of cyclic esters (lactones) is 1. The molecule has 0 saturated heterocycles. The molecule has 0 N–H and O–H groups in total. The average Bonchev–Trinajstić information content (AvgIpc) is 3.31. The summed E-state index contributed by atoms with van der Waals surface area (Å²) < 4.78 is 16.3. The van der Waals surface area contributed by atoms with Crippen molar-refractivity contribution in [2.75, 3.05) is 7.11 Å². The summed E-state index contributed by atoms with van der Waals surface area (Å²) in [5.41, 5.74) is 1.86. The van der Waals surface area contributed by atoms with Gasteiger partial charge in [0.1, 0.15) is 23.0 Å². The summed E-state index contributed by atoms with van der Waals surface area (Å²) >= 11 is 12.3. The summed E-state index contributed by atoms with van der Waals surface area (Å²) in [4.78, 5) is 12.2. The third-order valence-corrected chi connectivity index (χ3v) is 5.06. The molecular formula is C22H14Cl2O4. The van der Waals surface area contributed by atoms with Crippen LogP contribution in [0.25, 0.3) is 23.2 Å². The van der Waals surface area contributed by atoms with Crippen LogP contribution < -0.4 is 4.74 Å². The molecule has 2 aromatic carbocycles. The van der Waals surface area contributed by atoms with E-state index in [4.69, 9.17) is 37.1 Å². The molecule has 0 fully saturated rings. The van der Waals surface area contributed by atoms with Crippen molar-refractivity contribution in [1.82, 2.24) is 0 Å². The standard InChI is InChI=1S/C22H14Cl2O4/c1-26-15-7-5-13(6-8-15)20-12-14(22(25)28-20)11-16-9-10-19(27-16)17-3-2-4-18(23)21(17)24/h2-12H,1H3/b14-11-. The number of ether oxygens (including phenoxy) is 2. The zero-order chi connectivity index (χ0) is 19.7. The topological polar surface area (TPSA) is 48.7 Å². The molecule has 0 aliphatic carbocycles. The second-order valence-corrected chi connectivity index (χ2v) is 6.81. The van der Waals surface area contributed by atoms with Crippen LogP contribution in [-0.4, -0.2) is 13.1 Å². The Kier molecular flexibility index (Phi) is 4.99. The lowest BCUT2D eigenvalue weighted by Crippen LogP contribution is -1.97. The third kappa shape index (κ3) is 3.57. The summed E-state index contributed by atoms with van der Waals surface area (Å²) in [5.74, 6) is 1.83. The van der Waals surface area contributed by atoms with Gasteiger partial charge in [-0.3, -0.25) is 0 Å². The number of carbonyl (C=O) groups excluding carboxylic acids is 1. The van der Waals surface area contributed by atoms with E-state index < -0.39 is 5.97 Å². The minimum atomic E-state index is -0.440. The van der Waals surface area contributed by atoms with E-state index in [1.54, 1.807) is 55.7 Å². The quantitative estimate of drug-likeness (QED) is 0.375. The Labute approximate surface area is 171 Å². The predicted molar refractivity (Wildman–Crippen MR) is 109 cm³/mol. The van der Waals surface area contributed by atoms with E-state index in [1.165, 1.54) is 0 Å². The second kappa shape index (κ2) is 7.58. The zero-order valence-corrected chi connectivity index (χ0v) is 16.3. The lowest BCUT2D eigenvalue weighted by molar-refractivity contribution is -0.130. The van der Waals surface area contributed by atoms with Crippen LogP contribution in [0, 0.1) is 0 Å². The molecule has 0 unspecified atom stereocenters. The molecule has 0 radical (unpaired) electrons. The van der Waals surface area contributed by atoms with Crippen LogP contribution in [0.15, 0.2) is 70.7 Å². The maximum Gasteiger partial charge on any atom is 0.343 e. The van der Waals surface area contributed by atoms with Crippen molar-refractivity contribution in [3.05, 3.63) is 87.6 Å². The summed E-state index contributed by atoms with van der Waals surface area (Å²) in [6.45, 7) is 0. The maximum absolute atomic E-state index is 12.2. The first kappa shape index (κ1) is 18.4. The van der Waals surface area contributed by atoms with Crippen LogP contribution >= 0.6 is 23.2 Å². The van der Waals surface area contributed by atoms with Crippen molar-refractivity contribution in [2.24, 2.45) is 0 Å². The van der Waals surface area contributed by atoms with Crippen molar-refractivity contribution < 1.29 is 18.7 Å². The smallest absolute Gasteiger partial charge is 0.343 e. The molecule has 4 rings (SSSR count). The first-order chi connectivity index (χ1) is 13.5. The number of furan rings is 1. The third-order valence-electron chi connectivity index (χ3n) is 4.24. The molecule has 3 aromatic rings. The first-order valence-electron chi connectivity index (χ1n) is 8.39. The first-order valence-corrected chi connectivity index (χ1v) is 9.15. The minimum absolute atomic E-state index is 0.393. The largest absolute Gasteiger partial charge is 0.497 e. The van der Waals surface area contributed by atoms with E-state index in [0.29, 0.717) is 38.5 Å². The van der Waals surface area contributed by atoms with Gasteiger partial charge >= 0.3 is 5.97 Å². The van der Waals surface area contributed by atoms with E-state index in [-0.39, 0.29) is 0 Å². The molecule has 4 nitrogen and oxygen atoms in total. The van der Waals surface area contributed by atoms with Gasteiger partial charge in [-0.2, -0.15) is 0 Å². The van der Waals surface area contributed by atoms with Crippen molar-refractivity contribution in [3.63, 3.8) is 0 Å². The van der Waals surface area contributed by atoms with Crippen molar-refractivity contribution in [1.29, 1.82) is 0 Å². The second-order valence-electron chi connectivity index (χ2n) is 6.03. The SMILES string of the molecule is COc1ccc(C2=C/C(=C/c3ccc(-c4cccc(Cl)c4Cl)o3)C(=O)O2)cc1. The summed E-state index contributed by atoms with van der Waals surface area (Å²) in [6.07, 6.45) is 3.31. The van der Waals surface area contributed by atoms with Gasteiger partial charge in [-0.25, -0.2) is 4.79 Å². The molecule has 2 heterocycles. The molecule has 1 aliphatic heterocycles. The van der Waals surface area contributed by atoms with Crippen LogP contribution in [0.1, 0.15) is 11.3 Å². The molecule has 28 heavy (non-hydrogen) atoms. The van der Waals surface area contributed by atoms with Gasteiger partial charge in [0.2, 0.25) is 0 Å². The van der Waals surface area contributed by atoms with Gasteiger partial charge in [0.25, 0.3) is 0 Å². The molecule has 140 valence electrons. The number of hydrogen-bond donors (Lipinski definition) is 0. The maximum atomic E-state index is 12.2. The molecule has 0 bridgehead atoms. The number of esters is 1. The Bertz CT molecular complexity index is 1110. The number of carbonyl (C=O) groups is 1. The van der Waals surface area contributed by atoms with Crippen LogP contribution in [0.3, 0.4) is 0 Å². The van der Waals surface area contributed by atoms with Gasteiger partial charge in [0, 0.05) is 11.1 Å². The van der Waals surface area contributed by atoms with Crippen LogP contribution in [0.2, 0.25) is 10.0 Å². The van der Waals surface area contributed by atoms with E-state index >= 15 is 0 Å². The highest BCUT2D eigenvalue weighted by molar-refractivity contribution is 6.43. The number of methoxy groups -OCH3 is 1. The molecule has 1 aromatic heterocycles. The van der Waals surface area contributed by atoms with Gasteiger partial charge in [-0.1, -0.05) is 29.3 Å². The zero-order valence-electron chi connectivity index (χ0n) is 14.7. The molecule has 0 saturated carbocycles. The molecule has 0 amide bonds. The van der Waals surface area contributed by atoms with Crippen LogP contribution in [-0.2, 0) is 9.53 Å². The van der Waals surface area contributed by atoms with Gasteiger partial charge in [0.15, 0.2) is 0 Å². The fraction of sp³-hybridized carbons (Fsp3) is 0.0455. The van der Waals surface area contributed by atoms with Crippen molar-refractivity contribution in [2.45, 2.75) is 0 Å². The van der Waals surface area contributed by atoms with Crippen LogP contribution in [0.5, 0.6) is 5.75 Å². The van der Waals surface area contributed by atoms with Gasteiger partial charge in [-0.05, 0) is 60.7 Å². The number of halogens is 2. The Morgan fingerprint density at radius 3 is 2.54 bits per heavy atom. The monoisotopic (exact) mass is 412 g/mol. The number of benzene rings is 2. The lowest BCUT2D eigenvalue weighted by atomic mass is 10.1. The average molecular weight is 413 g/mol. The minimum Gasteiger partial charge on any atom is -0.497 e. The van der Waals surface area contributed by atoms with Crippen molar-refractivity contribution in [3.8, 4) is 17.1 Å². The predicted octanol–water partition coefficient (Wildman–Crippen LogP) is 6.24. The fourth-order valence-corrected chi connectivity index (χ4v) is 3.20. The molecule has 0 spiro atoms. The van der Waals surface area contributed by atoms with Gasteiger partial charge in [0.05, 0.1) is 22.7 Å².